The van der Waals surface area contributed by atoms with E-state index >= 15 is 0 Å². The number of carbonyl (C=O) groups is 1. The maximum atomic E-state index is 11.1. The summed E-state index contributed by atoms with van der Waals surface area (Å²) in [4.78, 5) is 11.1. The lowest BCUT2D eigenvalue weighted by molar-refractivity contribution is -0.119. The van der Waals surface area contributed by atoms with Crippen LogP contribution in [-0.2, 0) is 11.2 Å². The Morgan fingerprint density at radius 3 is 2.78 bits per heavy atom. The standard InChI is InChI=1S/C14H19BrN2O/c1-10(8-11-2-4-12(15)5-3-11)16-9-13-6-7-14(18)17-13/h2-5,10,13,16H,6-9H2,1H3,(H,17,18). The normalized spacial score (nSPS) is 20.8. The van der Waals surface area contributed by atoms with E-state index in [1.54, 1.807) is 0 Å². The second kappa shape index (κ2) is 6.34. The van der Waals surface area contributed by atoms with E-state index in [2.05, 4.69) is 57.8 Å². The molecule has 98 valence electrons. The number of amides is 1. The van der Waals surface area contributed by atoms with Crippen LogP contribution in [-0.4, -0.2) is 24.5 Å². The van der Waals surface area contributed by atoms with E-state index in [-0.39, 0.29) is 5.91 Å². The molecule has 1 aliphatic rings. The predicted octanol–water partition coefficient (Wildman–Crippen LogP) is 2.25. The van der Waals surface area contributed by atoms with E-state index in [1.807, 2.05) is 0 Å². The highest BCUT2D eigenvalue weighted by atomic mass is 79.9. The second-order valence-electron chi connectivity index (χ2n) is 4.94. The Hall–Kier alpha value is -0.870. The highest BCUT2D eigenvalue weighted by Crippen LogP contribution is 2.12. The molecule has 2 rings (SSSR count). The summed E-state index contributed by atoms with van der Waals surface area (Å²) in [7, 11) is 0. The van der Waals surface area contributed by atoms with Gasteiger partial charge in [-0.15, -0.1) is 0 Å². The molecule has 4 heteroatoms. The maximum Gasteiger partial charge on any atom is 0.220 e. The van der Waals surface area contributed by atoms with E-state index < -0.39 is 0 Å². The predicted molar refractivity (Wildman–Crippen MR) is 76.5 cm³/mol. The Labute approximate surface area is 116 Å². The molecular weight excluding hydrogens is 292 g/mol. The van der Waals surface area contributed by atoms with Gasteiger partial charge in [0, 0.05) is 29.5 Å². The fourth-order valence-corrected chi connectivity index (χ4v) is 2.48. The van der Waals surface area contributed by atoms with E-state index in [0.29, 0.717) is 18.5 Å². The van der Waals surface area contributed by atoms with Crippen LogP contribution in [0.2, 0.25) is 0 Å². The Morgan fingerprint density at radius 2 is 2.17 bits per heavy atom. The van der Waals surface area contributed by atoms with Crippen molar-refractivity contribution in [2.45, 2.75) is 38.3 Å². The van der Waals surface area contributed by atoms with Crippen LogP contribution in [0.4, 0.5) is 0 Å². The van der Waals surface area contributed by atoms with Crippen LogP contribution in [0.15, 0.2) is 28.7 Å². The third-order valence-electron chi connectivity index (χ3n) is 3.25. The van der Waals surface area contributed by atoms with Gasteiger partial charge in [-0.1, -0.05) is 28.1 Å². The largest absolute Gasteiger partial charge is 0.352 e. The van der Waals surface area contributed by atoms with Crippen LogP contribution in [0.1, 0.15) is 25.3 Å². The summed E-state index contributed by atoms with van der Waals surface area (Å²) in [5.74, 6) is 0.183. The van der Waals surface area contributed by atoms with Gasteiger partial charge in [0.2, 0.25) is 5.91 Å². The molecule has 1 heterocycles. The molecule has 3 nitrogen and oxygen atoms in total. The van der Waals surface area contributed by atoms with E-state index in [4.69, 9.17) is 0 Å². The van der Waals surface area contributed by atoms with Crippen LogP contribution >= 0.6 is 15.9 Å². The molecule has 0 spiro atoms. The zero-order valence-electron chi connectivity index (χ0n) is 10.6. The first-order valence-electron chi connectivity index (χ1n) is 6.40. The van der Waals surface area contributed by atoms with Crippen molar-refractivity contribution in [3.63, 3.8) is 0 Å². The quantitative estimate of drug-likeness (QED) is 0.876. The van der Waals surface area contributed by atoms with Crippen molar-refractivity contribution in [3.8, 4) is 0 Å². The van der Waals surface area contributed by atoms with Gasteiger partial charge in [0.05, 0.1) is 0 Å². The smallest absolute Gasteiger partial charge is 0.220 e. The molecule has 1 fully saturated rings. The number of benzene rings is 1. The molecule has 1 amide bonds. The molecular formula is C14H19BrN2O. The molecule has 0 aliphatic carbocycles. The average Bonchev–Trinajstić information content (AvgIpc) is 2.76. The first-order valence-corrected chi connectivity index (χ1v) is 7.20. The second-order valence-corrected chi connectivity index (χ2v) is 5.86. The summed E-state index contributed by atoms with van der Waals surface area (Å²) < 4.78 is 1.11. The molecule has 2 N–H and O–H groups in total. The lowest BCUT2D eigenvalue weighted by Gasteiger charge is -2.17. The molecule has 1 aliphatic heterocycles. The molecule has 0 radical (unpaired) electrons. The lowest BCUT2D eigenvalue weighted by Crippen LogP contribution is -2.40. The fraction of sp³-hybridized carbons (Fsp3) is 0.500. The van der Waals surface area contributed by atoms with Crippen molar-refractivity contribution in [3.05, 3.63) is 34.3 Å². The Morgan fingerprint density at radius 1 is 1.44 bits per heavy atom. The summed E-state index contributed by atoms with van der Waals surface area (Å²) in [5.41, 5.74) is 1.33. The van der Waals surface area contributed by atoms with E-state index in [9.17, 15) is 4.79 Å². The lowest BCUT2D eigenvalue weighted by atomic mass is 10.1. The summed E-state index contributed by atoms with van der Waals surface area (Å²) in [6.07, 6.45) is 2.64. The van der Waals surface area contributed by atoms with Gasteiger partial charge in [0.1, 0.15) is 0 Å². The molecule has 0 aromatic heterocycles. The summed E-state index contributed by atoms with van der Waals surface area (Å²) in [6.45, 7) is 3.04. The van der Waals surface area contributed by atoms with Crippen molar-refractivity contribution in [1.82, 2.24) is 10.6 Å². The Kier molecular flexibility index (Phi) is 4.78. The van der Waals surface area contributed by atoms with Crippen molar-refractivity contribution in [1.29, 1.82) is 0 Å². The summed E-state index contributed by atoms with van der Waals surface area (Å²) >= 11 is 3.44. The zero-order chi connectivity index (χ0) is 13.0. The molecule has 1 aromatic rings. The van der Waals surface area contributed by atoms with Crippen molar-refractivity contribution >= 4 is 21.8 Å². The van der Waals surface area contributed by atoms with Crippen LogP contribution in [0.25, 0.3) is 0 Å². The highest BCUT2D eigenvalue weighted by Gasteiger charge is 2.20. The van der Waals surface area contributed by atoms with Crippen molar-refractivity contribution in [2.24, 2.45) is 0 Å². The third kappa shape index (κ3) is 4.10. The molecule has 1 aromatic carbocycles. The molecule has 1 saturated heterocycles. The number of halogens is 1. The average molecular weight is 311 g/mol. The first kappa shape index (κ1) is 13.6. The van der Waals surface area contributed by atoms with E-state index in [0.717, 1.165) is 23.9 Å². The monoisotopic (exact) mass is 310 g/mol. The van der Waals surface area contributed by atoms with Gasteiger partial charge >= 0.3 is 0 Å². The zero-order valence-corrected chi connectivity index (χ0v) is 12.2. The Balaban J connectivity index is 1.73. The van der Waals surface area contributed by atoms with Gasteiger partial charge in [0.15, 0.2) is 0 Å². The number of hydrogen-bond acceptors (Lipinski definition) is 2. The minimum atomic E-state index is 0.183. The maximum absolute atomic E-state index is 11.1. The number of nitrogens with one attached hydrogen (secondary N) is 2. The van der Waals surface area contributed by atoms with E-state index in [1.165, 1.54) is 5.56 Å². The minimum Gasteiger partial charge on any atom is -0.352 e. The van der Waals surface area contributed by atoms with Crippen LogP contribution < -0.4 is 10.6 Å². The number of rotatable bonds is 5. The number of carbonyl (C=O) groups excluding carboxylic acids is 1. The van der Waals surface area contributed by atoms with Gasteiger partial charge in [-0.3, -0.25) is 4.79 Å². The molecule has 0 bridgehead atoms. The molecule has 2 unspecified atom stereocenters. The van der Waals surface area contributed by atoms with Crippen molar-refractivity contribution < 1.29 is 4.79 Å². The van der Waals surface area contributed by atoms with Gasteiger partial charge in [-0.05, 0) is 37.5 Å². The highest BCUT2D eigenvalue weighted by molar-refractivity contribution is 9.10. The van der Waals surface area contributed by atoms with Crippen LogP contribution in [0, 0.1) is 0 Å². The van der Waals surface area contributed by atoms with Gasteiger partial charge in [0.25, 0.3) is 0 Å². The Bertz CT molecular complexity index is 405. The SMILES string of the molecule is CC(Cc1ccc(Br)cc1)NCC1CCC(=O)N1. The molecule has 0 saturated carbocycles. The minimum absolute atomic E-state index is 0.183. The fourth-order valence-electron chi connectivity index (χ4n) is 2.22. The molecule has 18 heavy (non-hydrogen) atoms. The van der Waals surface area contributed by atoms with Crippen molar-refractivity contribution in [2.75, 3.05) is 6.54 Å². The summed E-state index contributed by atoms with van der Waals surface area (Å²) in [6, 6.07) is 9.14. The topological polar surface area (TPSA) is 41.1 Å². The van der Waals surface area contributed by atoms with Gasteiger partial charge in [-0.2, -0.15) is 0 Å². The van der Waals surface area contributed by atoms with Crippen LogP contribution in [0.3, 0.4) is 0 Å². The molecule has 2 atom stereocenters. The number of hydrogen-bond donors (Lipinski definition) is 2. The van der Waals surface area contributed by atoms with Gasteiger partial charge < -0.3 is 10.6 Å². The third-order valence-corrected chi connectivity index (χ3v) is 3.78. The van der Waals surface area contributed by atoms with Crippen LogP contribution in [0.5, 0.6) is 0 Å². The first-order chi connectivity index (χ1) is 8.63. The summed E-state index contributed by atoms with van der Waals surface area (Å²) in [5, 5.41) is 6.45. The van der Waals surface area contributed by atoms with Gasteiger partial charge in [-0.25, -0.2) is 0 Å².